The van der Waals surface area contributed by atoms with Crippen LogP contribution in [0.4, 0.5) is 0 Å². The van der Waals surface area contributed by atoms with Gasteiger partial charge in [0.05, 0.1) is 19.3 Å². The zero-order valence-corrected chi connectivity index (χ0v) is 13.1. The molecular formula is C15H23ClN2O3. The molecule has 118 valence electrons. The quantitative estimate of drug-likeness (QED) is 0.898. The lowest BCUT2D eigenvalue weighted by Crippen LogP contribution is -2.48. The minimum atomic E-state index is -0.0628. The number of rotatable bonds is 5. The molecule has 1 aliphatic heterocycles. The van der Waals surface area contributed by atoms with Crippen molar-refractivity contribution in [3.05, 3.63) is 29.8 Å². The fraction of sp³-hybridized carbons (Fsp3) is 0.533. The molecule has 21 heavy (non-hydrogen) atoms. The summed E-state index contributed by atoms with van der Waals surface area (Å²) in [6.45, 7) is 4.84. The predicted octanol–water partition coefficient (Wildman–Crippen LogP) is 1.70. The van der Waals surface area contributed by atoms with Crippen LogP contribution >= 0.6 is 12.4 Å². The average molecular weight is 315 g/mol. The van der Waals surface area contributed by atoms with E-state index < -0.39 is 0 Å². The molecule has 6 heteroatoms. The van der Waals surface area contributed by atoms with Gasteiger partial charge in [0, 0.05) is 25.2 Å². The molecule has 0 spiro atoms. The van der Waals surface area contributed by atoms with E-state index in [0.717, 1.165) is 12.2 Å². The van der Waals surface area contributed by atoms with Crippen LogP contribution in [0.3, 0.4) is 0 Å². The minimum absolute atomic E-state index is 0. The van der Waals surface area contributed by atoms with Crippen molar-refractivity contribution in [3.8, 4) is 5.75 Å². The van der Waals surface area contributed by atoms with Crippen molar-refractivity contribution >= 4 is 18.3 Å². The van der Waals surface area contributed by atoms with Crippen LogP contribution in [-0.2, 0) is 4.74 Å². The highest BCUT2D eigenvalue weighted by molar-refractivity contribution is 5.94. The molecule has 2 N–H and O–H groups in total. The highest BCUT2D eigenvalue weighted by Crippen LogP contribution is 2.16. The Balaban J connectivity index is 0.00000220. The summed E-state index contributed by atoms with van der Waals surface area (Å²) >= 11 is 0. The lowest BCUT2D eigenvalue weighted by Gasteiger charge is -2.32. The van der Waals surface area contributed by atoms with E-state index in [4.69, 9.17) is 15.2 Å². The molecule has 1 aromatic rings. The largest absolute Gasteiger partial charge is 0.494 e. The maximum atomic E-state index is 12.5. The summed E-state index contributed by atoms with van der Waals surface area (Å²) in [5.74, 6) is 0.745. The van der Waals surface area contributed by atoms with Crippen LogP contribution in [0.25, 0.3) is 0 Å². The van der Waals surface area contributed by atoms with Crippen LogP contribution in [0.15, 0.2) is 24.3 Å². The smallest absolute Gasteiger partial charge is 0.254 e. The third kappa shape index (κ3) is 4.88. The first kappa shape index (κ1) is 17.8. The van der Waals surface area contributed by atoms with Gasteiger partial charge in [0.25, 0.3) is 5.91 Å². The Labute approximate surface area is 131 Å². The van der Waals surface area contributed by atoms with E-state index in [9.17, 15) is 4.79 Å². The zero-order valence-electron chi connectivity index (χ0n) is 12.3. The van der Waals surface area contributed by atoms with E-state index in [1.54, 1.807) is 11.0 Å². The number of carbonyl (C=O) groups is 1. The fourth-order valence-electron chi connectivity index (χ4n) is 2.17. The molecule has 1 aliphatic rings. The van der Waals surface area contributed by atoms with Gasteiger partial charge < -0.3 is 20.1 Å². The second kappa shape index (κ2) is 8.87. The summed E-state index contributed by atoms with van der Waals surface area (Å²) < 4.78 is 11.0. The van der Waals surface area contributed by atoms with Gasteiger partial charge >= 0.3 is 0 Å². The van der Waals surface area contributed by atoms with Crippen LogP contribution < -0.4 is 10.5 Å². The number of ether oxygens (including phenoxy) is 2. The normalized spacial score (nSPS) is 18.0. The summed E-state index contributed by atoms with van der Waals surface area (Å²) in [5, 5.41) is 0. The molecule has 0 aliphatic carbocycles. The minimum Gasteiger partial charge on any atom is -0.494 e. The van der Waals surface area contributed by atoms with Gasteiger partial charge in [0.15, 0.2) is 0 Å². The number of nitrogens with two attached hydrogens (primary N) is 1. The molecule has 0 aromatic heterocycles. The van der Waals surface area contributed by atoms with Gasteiger partial charge in [-0.1, -0.05) is 13.0 Å². The Morgan fingerprint density at radius 3 is 3.05 bits per heavy atom. The van der Waals surface area contributed by atoms with Crippen molar-refractivity contribution < 1.29 is 14.3 Å². The Bertz CT molecular complexity index is 456. The first-order valence-electron chi connectivity index (χ1n) is 7.08. The maximum absolute atomic E-state index is 12.5. The summed E-state index contributed by atoms with van der Waals surface area (Å²) in [4.78, 5) is 14.3. The standard InChI is InChI=1S/C15H22N2O3.ClH/c1-2-7-19-13-5-3-4-12(9-13)15(18)17-6-8-20-14(10-16)11-17;/h3-5,9,14H,2,6-8,10-11,16H2,1H3;1H. The third-order valence-electron chi connectivity index (χ3n) is 3.24. The molecule has 1 aromatic carbocycles. The fourth-order valence-corrected chi connectivity index (χ4v) is 2.17. The van der Waals surface area contributed by atoms with E-state index in [1.807, 2.05) is 18.2 Å². The molecular weight excluding hydrogens is 292 g/mol. The molecule has 1 atom stereocenters. The number of benzene rings is 1. The van der Waals surface area contributed by atoms with Gasteiger partial charge in [0.2, 0.25) is 0 Å². The molecule has 2 rings (SSSR count). The number of hydrogen-bond acceptors (Lipinski definition) is 4. The number of morpholine rings is 1. The second-order valence-corrected chi connectivity index (χ2v) is 4.86. The molecule has 1 amide bonds. The monoisotopic (exact) mass is 314 g/mol. The van der Waals surface area contributed by atoms with Crippen LogP contribution in [0.5, 0.6) is 5.75 Å². The van der Waals surface area contributed by atoms with Crippen molar-refractivity contribution in [3.63, 3.8) is 0 Å². The first-order chi connectivity index (χ1) is 9.74. The zero-order chi connectivity index (χ0) is 14.4. The van der Waals surface area contributed by atoms with Crippen molar-refractivity contribution in [2.24, 2.45) is 5.73 Å². The third-order valence-corrected chi connectivity index (χ3v) is 3.24. The molecule has 0 radical (unpaired) electrons. The summed E-state index contributed by atoms with van der Waals surface area (Å²) in [7, 11) is 0. The van der Waals surface area contributed by atoms with Crippen molar-refractivity contribution in [1.82, 2.24) is 4.90 Å². The molecule has 1 saturated heterocycles. The summed E-state index contributed by atoms with van der Waals surface area (Å²) in [6, 6.07) is 7.33. The average Bonchev–Trinajstić information content (AvgIpc) is 2.52. The predicted molar refractivity (Wildman–Crippen MR) is 84.2 cm³/mol. The Hall–Kier alpha value is -1.30. The number of halogens is 1. The molecule has 0 saturated carbocycles. The number of nitrogens with zero attached hydrogens (tertiary/aromatic N) is 1. The van der Waals surface area contributed by atoms with Gasteiger partial charge in [-0.15, -0.1) is 12.4 Å². The van der Waals surface area contributed by atoms with Crippen LogP contribution in [0, 0.1) is 0 Å². The lowest BCUT2D eigenvalue weighted by molar-refractivity contribution is -0.0167. The molecule has 1 heterocycles. The van der Waals surface area contributed by atoms with Gasteiger partial charge in [0.1, 0.15) is 5.75 Å². The van der Waals surface area contributed by atoms with E-state index in [-0.39, 0.29) is 24.4 Å². The first-order valence-corrected chi connectivity index (χ1v) is 7.08. The van der Waals surface area contributed by atoms with Crippen molar-refractivity contribution in [2.45, 2.75) is 19.4 Å². The second-order valence-electron chi connectivity index (χ2n) is 4.86. The molecule has 1 fully saturated rings. The number of carbonyl (C=O) groups excluding carboxylic acids is 1. The van der Waals surface area contributed by atoms with Gasteiger partial charge in [-0.3, -0.25) is 4.79 Å². The van der Waals surface area contributed by atoms with Crippen molar-refractivity contribution in [1.29, 1.82) is 0 Å². The SMILES string of the molecule is CCCOc1cccc(C(=O)N2CCOC(CN)C2)c1.Cl. The Kier molecular flexibility index (Phi) is 7.50. The van der Waals surface area contributed by atoms with E-state index >= 15 is 0 Å². The highest BCUT2D eigenvalue weighted by Gasteiger charge is 2.24. The molecule has 1 unspecified atom stereocenters. The molecule has 5 nitrogen and oxygen atoms in total. The highest BCUT2D eigenvalue weighted by atomic mass is 35.5. The van der Waals surface area contributed by atoms with Gasteiger partial charge in [-0.2, -0.15) is 0 Å². The topological polar surface area (TPSA) is 64.8 Å². The number of amides is 1. The number of hydrogen-bond donors (Lipinski definition) is 1. The molecule has 0 bridgehead atoms. The van der Waals surface area contributed by atoms with Crippen LogP contribution in [-0.4, -0.2) is 49.8 Å². The van der Waals surface area contributed by atoms with Crippen LogP contribution in [0.1, 0.15) is 23.7 Å². The van der Waals surface area contributed by atoms with Crippen LogP contribution in [0.2, 0.25) is 0 Å². The lowest BCUT2D eigenvalue weighted by atomic mass is 10.1. The Morgan fingerprint density at radius 2 is 2.33 bits per heavy atom. The summed E-state index contributed by atoms with van der Waals surface area (Å²) in [5.41, 5.74) is 6.25. The maximum Gasteiger partial charge on any atom is 0.254 e. The van der Waals surface area contributed by atoms with E-state index in [1.165, 1.54) is 0 Å². The van der Waals surface area contributed by atoms with Crippen molar-refractivity contribution in [2.75, 3.05) is 32.8 Å². The summed E-state index contributed by atoms with van der Waals surface area (Å²) in [6.07, 6.45) is 0.882. The van der Waals surface area contributed by atoms with Gasteiger partial charge in [-0.05, 0) is 24.6 Å². The van der Waals surface area contributed by atoms with E-state index in [0.29, 0.717) is 38.4 Å². The Morgan fingerprint density at radius 1 is 1.52 bits per heavy atom. The van der Waals surface area contributed by atoms with Gasteiger partial charge in [-0.25, -0.2) is 0 Å². The van der Waals surface area contributed by atoms with E-state index in [2.05, 4.69) is 6.92 Å².